The first-order valence-electron chi connectivity index (χ1n) is 4.06. The van der Waals surface area contributed by atoms with Crippen molar-refractivity contribution in [2.75, 3.05) is 20.3 Å². The Bertz CT molecular complexity index is 139. The van der Waals surface area contributed by atoms with Crippen LogP contribution < -0.4 is 0 Å². The molecule has 1 heterocycles. The van der Waals surface area contributed by atoms with Crippen molar-refractivity contribution < 1.29 is 9.57 Å². The zero-order valence-corrected chi connectivity index (χ0v) is 7.17. The van der Waals surface area contributed by atoms with Crippen molar-refractivity contribution in [3.8, 4) is 0 Å². The van der Waals surface area contributed by atoms with Crippen LogP contribution in [0.3, 0.4) is 0 Å². The molecule has 1 rings (SSSR count). The van der Waals surface area contributed by atoms with Gasteiger partial charge in [-0.1, -0.05) is 12.1 Å². The first-order valence-corrected chi connectivity index (χ1v) is 4.06. The summed E-state index contributed by atoms with van der Waals surface area (Å²) in [6, 6.07) is 0. The molecule has 0 radical (unpaired) electrons. The number of hydrogen-bond donors (Lipinski definition) is 0. The summed E-state index contributed by atoms with van der Waals surface area (Å²) in [7, 11) is 1.59. The summed E-state index contributed by atoms with van der Waals surface area (Å²) in [4.78, 5) is 4.74. The number of ether oxygens (including phenoxy) is 1. The molecule has 1 unspecified atom stereocenters. The summed E-state index contributed by atoms with van der Waals surface area (Å²) in [5.41, 5.74) is 1.13. The molecule has 1 aliphatic rings. The maximum atomic E-state index is 5.25. The van der Waals surface area contributed by atoms with Gasteiger partial charge in [-0.05, 0) is 12.8 Å². The first-order chi connectivity index (χ1) is 5.38. The Morgan fingerprint density at radius 2 is 2.55 bits per heavy atom. The van der Waals surface area contributed by atoms with E-state index >= 15 is 0 Å². The first kappa shape index (κ1) is 8.53. The average Bonchev–Trinajstić information content (AvgIpc) is 2.52. The van der Waals surface area contributed by atoms with Gasteiger partial charge in [0.25, 0.3) is 0 Å². The third-order valence-corrected chi connectivity index (χ3v) is 1.97. The second kappa shape index (κ2) is 4.34. The van der Waals surface area contributed by atoms with Crippen molar-refractivity contribution in [3.05, 3.63) is 0 Å². The van der Waals surface area contributed by atoms with Gasteiger partial charge >= 0.3 is 0 Å². The molecule has 0 aromatic heterocycles. The predicted molar refractivity (Wildman–Crippen MR) is 43.7 cm³/mol. The Morgan fingerprint density at radius 3 is 3.00 bits per heavy atom. The van der Waals surface area contributed by atoms with E-state index in [4.69, 9.17) is 9.57 Å². The van der Waals surface area contributed by atoms with E-state index < -0.39 is 0 Å². The highest BCUT2D eigenvalue weighted by Gasteiger charge is 2.20. The summed E-state index contributed by atoms with van der Waals surface area (Å²) in [5.74, 6) is 0.500. The Kier molecular flexibility index (Phi) is 3.36. The van der Waals surface area contributed by atoms with Crippen LogP contribution in [-0.2, 0) is 9.57 Å². The smallest absolute Gasteiger partial charge is 0.106 e. The quantitative estimate of drug-likeness (QED) is 0.458. The van der Waals surface area contributed by atoms with Crippen LogP contribution in [-0.4, -0.2) is 26.0 Å². The summed E-state index contributed by atoms with van der Waals surface area (Å²) < 4.78 is 5.25. The van der Waals surface area contributed by atoms with E-state index in [2.05, 4.69) is 12.1 Å². The third kappa shape index (κ3) is 2.19. The van der Waals surface area contributed by atoms with Crippen molar-refractivity contribution >= 4 is 5.71 Å². The molecule has 1 fully saturated rings. The van der Waals surface area contributed by atoms with Crippen LogP contribution in [0.4, 0.5) is 0 Å². The fraction of sp³-hybridized carbons (Fsp3) is 0.875. The summed E-state index contributed by atoms with van der Waals surface area (Å²) in [5, 5.41) is 3.96. The number of rotatable bonds is 3. The van der Waals surface area contributed by atoms with E-state index in [0.29, 0.717) is 5.92 Å². The fourth-order valence-electron chi connectivity index (χ4n) is 1.34. The Morgan fingerprint density at radius 1 is 1.73 bits per heavy atom. The molecule has 1 atom stereocenters. The molecule has 0 bridgehead atoms. The molecule has 3 nitrogen and oxygen atoms in total. The molecule has 11 heavy (non-hydrogen) atoms. The number of nitrogens with zero attached hydrogens (tertiary/aromatic N) is 1. The van der Waals surface area contributed by atoms with Gasteiger partial charge in [0, 0.05) is 12.5 Å². The SMILES string of the molecule is CC/C(=N\OC)C1CCOC1. The van der Waals surface area contributed by atoms with Gasteiger partial charge in [0.15, 0.2) is 0 Å². The molecule has 0 N–H and O–H groups in total. The van der Waals surface area contributed by atoms with E-state index in [1.807, 2.05) is 0 Å². The molecule has 0 aromatic rings. The molecule has 0 aromatic carbocycles. The second-order valence-electron chi connectivity index (χ2n) is 2.68. The minimum absolute atomic E-state index is 0.500. The van der Waals surface area contributed by atoms with E-state index in [-0.39, 0.29) is 0 Å². The van der Waals surface area contributed by atoms with Gasteiger partial charge in [-0.2, -0.15) is 0 Å². The molecule has 0 amide bonds. The molecular formula is C8H15NO2. The van der Waals surface area contributed by atoms with Gasteiger partial charge in [-0.15, -0.1) is 0 Å². The van der Waals surface area contributed by atoms with Gasteiger partial charge in [0.05, 0.1) is 12.3 Å². The number of hydrogen-bond acceptors (Lipinski definition) is 3. The molecule has 0 aliphatic carbocycles. The predicted octanol–water partition coefficient (Wildman–Crippen LogP) is 1.44. The van der Waals surface area contributed by atoms with Gasteiger partial charge in [0.1, 0.15) is 7.11 Å². The van der Waals surface area contributed by atoms with Crippen LogP contribution in [0.15, 0.2) is 5.16 Å². The molecule has 1 saturated heterocycles. The molecule has 1 aliphatic heterocycles. The highest BCUT2D eigenvalue weighted by Crippen LogP contribution is 2.16. The van der Waals surface area contributed by atoms with Crippen molar-refractivity contribution in [1.29, 1.82) is 0 Å². The number of oxime groups is 1. The molecular weight excluding hydrogens is 142 g/mol. The molecule has 0 saturated carbocycles. The zero-order chi connectivity index (χ0) is 8.10. The Balaban J connectivity index is 2.46. The normalized spacial score (nSPS) is 25.6. The maximum Gasteiger partial charge on any atom is 0.106 e. The summed E-state index contributed by atoms with van der Waals surface area (Å²) >= 11 is 0. The van der Waals surface area contributed by atoms with E-state index in [0.717, 1.165) is 31.8 Å². The van der Waals surface area contributed by atoms with Crippen LogP contribution in [0.2, 0.25) is 0 Å². The lowest BCUT2D eigenvalue weighted by Crippen LogP contribution is -2.13. The minimum atomic E-state index is 0.500. The van der Waals surface area contributed by atoms with Crippen LogP contribution in [0.1, 0.15) is 19.8 Å². The largest absolute Gasteiger partial charge is 0.399 e. The van der Waals surface area contributed by atoms with Gasteiger partial charge in [0.2, 0.25) is 0 Å². The van der Waals surface area contributed by atoms with Crippen LogP contribution >= 0.6 is 0 Å². The van der Waals surface area contributed by atoms with Crippen LogP contribution in [0, 0.1) is 5.92 Å². The summed E-state index contributed by atoms with van der Waals surface area (Å²) in [6.07, 6.45) is 2.05. The molecule has 0 spiro atoms. The molecule has 3 heteroatoms. The lowest BCUT2D eigenvalue weighted by molar-refractivity contribution is 0.189. The summed E-state index contributed by atoms with van der Waals surface area (Å²) in [6.45, 7) is 3.78. The standard InChI is InChI=1S/C8H15NO2/c1-3-8(9-10-2)7-4-5-11-6-7/h7H,3-6H2,1-2H3/b9-8+. The van der Waals surface area contributed by atoms with Gasteiger partial charge < -0.3 is 9.57 Å². The Hall–Kier alpha value is -0.570. The van der Waals surface area contributed by atoms with Crippen molar-refractivity contribution in [1.82, 2.24) is 0 Å². The fourth-order valence-corrected chi connectivity index (χ4v) is 1.34. The zero-order valence-electron chi connectivity index (χ0n) is 7.17. The van der Waals surface area contributed by atoms with Crippen molar-refractivity contribution in [2.45, 2.75) is 19.8 Å². The minimum Gasteiger partial charge on any atom is -0.399 e. The average molecular weight is 157 g/mol. The third-order valence-electron chi connectivity index (χ3n) is 1.97. The van der Waals surface area contributed by atoms with E-state index in [1.165, 1.54) is 0 Å². The lowest BCUT2D eigenvalue weighted by Gasteiger charge is -2.07. The highest BCUT2D eigenvalue weighted by atomic mass is 16.6. The van der Waals surface area contributed by atoms with Gasteiger partial charge in [-0.25, -0.2) is 0 Å². The maximum absolute atomic E-state index is 5.25. The van der Waals surface area contributed by atoms with Crippen molar-refractivity contribution in [3.63, 3.8) is 0 Å². The van der Waals surface area contributed by atoms with Crippen molar-refractivity contribution in [2.24, 2.45) is 11.1 Å². The topological polar surface area (TPSA) is 30.8 Å². The highest BCUT2D eigenvalue weighted by molar-refractivity contribution is 5.86. The second-order valence-corrected chi connectivity index (χ2v) is 2.68. The lowest BCUT2D eigenvalue weighted by atomic mass is 10.0. The Labute approximate surface area is 67.4 Å². The molecule has 64 valence electrons. The monoisotopic (exact) mass is 157 g/mol. The van der Waals surface area contributed by atoms with Crippen LogP contribution in [0.25, 0.3) is 0 Å². The van der Waals surface area contributed by atoms with E-state index in [1.54, 1.807) is 7.11 Å². The van der Waals surface area contributed by atoms with Crippen LogP contribution in [0.5, 0.6) is 0 Å². The van der Waals surface area contributed by atoms with E-state index in [9.17, 15) is 0 Å². The van der Waals surface area contributed by atoms with Gasteiger partial charge in [-0.3, -0.25) is 0 Å².